The largest absolute Gasteiger partial charge is 0.418 e. The number of hydrogen-bond donors (Lipinski definition) is 0. The van der Waals surface area contributed by atoms with Gasteiger partial charge in [0, 0.05) is 32.8 Å². The third-order valence-electron chi connectivity index (χ3n) is 3.57. The van der Waals surface area contributed by atoms with Crippen LogP contribution < -0.4 is 0 Å². The second kappa shape index (κ2) is 7.51. The van der Waals surface area contributed by atoms with E-state index < -0.39 is 8.32 Å². The van der Waals surface area contributed by atoms with E-state index in [2.05, 4.69) is 36.7 Å². The van der Waals surface area contributed by atoms with Gasteiger partial charge in [-0.05, 0) is 45.6 Å². The molecule has 102 valence electrons. The van der Waals surface area contributed by atoms with Gasteiger partial charge in [0.15, 0.2) is 8.32 Å². The summed E-state index contributed by atoms with van der Waals surface area (Å²) in [4.78, 5) is 5.20. The Morgan fingerprint density at radius 2 is 1.47 bits per heavy atom. The molecule has 1 fully saturated rings. The average Bonchev–Trinajstić information content (AvgIpc) is 2.29. The molecule has 0 bridgehead atoms. The summed E-state index contributed by atoms with van der Waals surface area (Å²) in [6, 6.07) is 1.27. The van der Waals surface area contributed by atoms with Crippen molar-refractivity contribution in [2.45, 2.75) is 39.4 Å². The highest BCUT2D eigenvalue weighted by Crippen LogP contribution is 2.13. The Bertz CT molecular complexity index is 204. The number of hydrogen-bond acceptors (Lipinski definition) is 3. The molecule has 0 atom stereocenters. The second-order valence-corrected chi connectivity index (χ2v) is 9.93. The van der Waals surface area contributed by atoms with Gasteiger partial charge in [-0.2, -0.15) is 0 Å². The molecule has 4 heteroatoms. The standard InChI is InChI=1S/C13H30N2OSi/c1-5-7-14-8-10-15(11-9-14)12-13-17(3,4)16-6-2/h5-13H2,1-4H3. The van der Waals surface area contributed by atoms with Crippen LogP contribution in [0, 0.1) is 0 Å². The van der Waals surface area contributed by atoms with E-state index in [1.54, 1.807) is 0 Å². The van der Waals surface area contributed by atoms with Crippen LogP contribution in [0.1, 0.15) is 20.3 Å². The normalized spacial score (nSPS) is 19.8. The van der Waals surface area contributed by atoms with Crippen molar-refractivity contribution < 1.29 is 4.43 Å². The van der Waals surface area contributed by atoms with Crippen LogP contribution in [-0.2, 0) is 4.43 Å². The number of nitrogens with zero attached hydrogens (tertiary/aromatic N) is 2. The third kappa shape index (κ3) is 6.00. The molecule has 0 aliphatic carbocycles. The van der Waals surface area contributed by atoms with Crippen molar-refractivity contribution in [1.29, 1.82) is 0 Å². The molecule has 0 amide bonds. The zero-order chi connectivity index (χ0) is 12.7. The fourth-order valence-electron chi connectivity index (χ4n) is 2.44. The maximum absolute atomic E-state index is 5.88. The van der Waals surface area contributed by atoms with Crippen molar-refractivity contribution in [2.75, 3.05) is 45.9 Å². The fraction of sp³-hybridized carbons (Fsp3) is 1.00. The zero-order valence-electron chi connectivity index (χ0n) is 12.2. The molecule has 1 rings (SSSR count). The van der Waals surface area contributed by atoms with Crippen molar-refractivity contribution in [3.63, 3.8) is 0 Å². The van der Waals surface area contributed by atoms with E-state index in [9.17, 15) is 0 Å². The number of rotatable bonds is 7. The highest BCUT2D eigenvalue weighted by atomic mass is 28.4. The van der Waals surface area contributed by atoms with Crippen molar-refractivity contribution in [2.24, 2.45) is 0 Å². The van der Waals surface area contributed by atoms with Gasteiger partial charge in [0.2, 0.25) is 0 Å². The monoisotopic (exact) mass is 258 g/mol. The molecular formula is C13H30N2OSi. The summed E-state index contributed by atoms with van der Waals surface area (Å²) in [6.07, 6.45) is 1.28. The van der Waals surface area contributed by atoms with Crippen LogP contribution in [0.25, 0.3) is 0 Å². The Morgan fingerprint density at radius 3 is 1.94 bits per heavy atom. The molecule has 1 aliphatic heterocycles. The maximum atomic E-state index is 5.88. The van der Waals surface area contributed by atoms with Gasteiger partial charge in [-0.15, -0.1) is 0 Å². The smallest absolute Gasteiger partial charge is 0.187 e. The van der Waals surface area contributed by atoms with Gasteiger partial charge >= 0.3 is 0 Å². The lowest BCUT2D eigenvalue weighted by Gasteiger charge is -2.35. The SMILES string of the molecule is CCCN1CCN(CC[Si](C)(C)OCC)CC1. The first-order chi connectivity index (χ1) is 8.07. The average molecular weight is 258 g/mol. The van der Waals surface area contributed by atoms with E-state index in [4.69, 9.17) is 4.43 Å². The van der Waals surface area contributed by atoms with Gasteiger partial charge in [0.25, 0.3) is 0 Å². The first kappa shape index (κ1) is 15.2. The quantitative estimate of drug-likeness (QED) is 0.652. The van der Waals surface area contributed by atoms with Crippen molar-refractivity contribution >= 4 is 8.32 Å². The molecule has 0 aromatic rings. The molecule has 0 N–H and O–H groups in total. The first-order valence-corrected chi connectivity index (χ1v) is 10.3. The molecule has 0 spiro atoms. The summed E-state index contributed by atoms with van der Waals surface area (Å²) < 4.78 is 5.88. The Hall–Kier alpha value is 0.0969. The van der Waals surface area contributed by atoms with E-state index in [0.717, 1.165) is 6.61 Å². The molecule has 1 heterocycles. The van der Waals surface area contributed by atoms with Gasteiger partial charge in [-0.3, -0.25) is 0 Å². The molecule has 17 heavy (non-hydrogen) atoms. The first-order valence-electron chi connectivity index (χ1n) is 7.16. The Balaban J connectivity index is 2.17. The second-order valence-electron chi connectivity index (χ2n) is 5.63. The summed E-state index contributed by atoms with van der Waals surface area (Å²) in [6.45, 7) is 17.4. The molecule has 0 unspecified atom stereocenters. The lowest BCUT2D eigenvalue weighted by Crippen LogP contribution is -2.48. The predicted molar refractivity (Wildman–Crippen MR) is 77.1 cm³/mol. The van der Waals surface area contributed by atoms with E-state index >= 15 is 0 Å². The van der Waals surface area contributed by atoms with Crippen LogP contribution in [0.3, 0.4) is 0 Å². The molecular weight excluding hydrogens is 228 g/mol. The summed E-state index contributed by atoms with van der Waals surface area (Å²) in [5, 5.41) is 0. The van der Waals surface area contributed by atoms with Crippen LogP contribution in [-0.4, -0.2) is 64.0 Å². The van der Waals surface area contributed by atoms with Crippen LogP contribution in [0.4, 0.5) is 0 Å². The maximum Gasteiger partial charge on any atom is 0.187 e. The minimum absolute atomic E-state index is 0.878. The van der Waals surface area contributed by atoms with E-state index in [1.165, 1.54) is 51.7 Å². The highest BCUT2D eigenvalue weighted by Gasteiger charge is 2.24. The fourth-order valence-corrected chi connectivity index (χ4v) is 4.22. The predicted octanol–water partition coefficient (Wildman–Crippen LogP) is 2.26. The Kier molecular flexibility index (Phi) is 6.70. The topological polar surface area (TPSA) is 15.7 Å². The zero-order valence-corrected chi connectivity index (χ0v) is 13.2. The van der Waals surface area contributed by atoms with Crippen LogP contribution in [0.2, 0.25) is 19.1 Å². The molecule has 0 aromatic heterocycles. The molecule has 1 saturated heterocycles. The van der Waals surface area contributed by atoms with Gasteiger partial charge in [0.05, 0.1) is 0 Å². The van der Waals surface area contributed by atoms with Crippen LogP contribution in [0.5, 0.6) is 0 Å². The summed E-state index contributed by atoms with van der Waals surface area (Å²) in [7, 11) is -1.37. The minimum atomic E-state index is -1.37. The molecule has 1 aliphatic rings. The Morgan fingerprint density at radius 1 is 0.941 bits per heavy atom. The van der Waals surface area contributed by atoms with Crippen LogP contribution in [0.15, 0.2) is 0 Å². The van der Waals surface area contributed by atoms with Gasteiger partial charge in [-0.25, -0.2) is 0 Å². The van der Waals surface area contributed by atoms with E-state index in [-0.39, 0.29) is 0 Å². The lowest BCUT2D eigenvalue weighted by atomic mass is 10.3. The van der Waals surface area contributed by atoms with Crippen LogP contribution >= 0.6 is 0 Å². The van der Waals surface area contributed by atoms with Crippen molar-refractivity contribution in [1.82, 2.24) is 9.80 Å². The van der Waals surface area contributed by atoms with E-state index in [1.807, 2.05) is 0 Å². The Labute approximate surface area is 108 Å². The molecule has 0 saturated carbocycles. The number of piperazine rings is 1. The summed E-state index contributed by atoms with van der Waals surface area (Å²) >= 11 is 0. The molecule has 0 aromatic carbocycles. The minimum Gasteiger partial charge on any atom is -0.418 e. The van der Waals surface area contributed by atoms with Gasteiger partial charge in [-0.1, -0.05) is 6.92 Å². The third-order valence-corrected chi connectivity index (χ3v) is 6.07. The van der Waals surface area contributed by atoms with Gasteiger partial charge < -0.3 is 14.2 Å². The van der Waals surface area contributed by atoms with E-state index in [0.29, 0.717) is 0 Å². The summed E-state index contributed by atoms with van der Waals surface area (Å²) in [5.41, 5.74) is 0. The molecule has 0 radical (unpaired) electrons. The van der Waals surface area contributed by atoms with Crippen molar-refractivity contribution in [3.05, 3.63) is 0 Å². The van der Waals surface area contributed by atoms with Gasteiger partial charge in [0.1, 0.15) is 0 Å². The summed E-state index contributed by atoms with van der Waals surface area (Å²) in [5.74, 6) is 0. The molecule has 3 nitrogen and oxygen atoms in total. The lowest BCUT2D eigenvalue weighted by molar-refractivity contribution is 0.136. The van der Waals surface area contributed by atoms with Crippen molar-refractivity contribution in [3.8, 4) is 0 Å². The highest BCUT2D eigenvalue weighted by molar-refractivity contribution is 6.71.